The number of rotatable bonds is 8. The van der Waals surface area contributed by atoms with Crippen LogP contribution in [0.2, 0.25) is 0 Å². The number of fused-ring (bicyclic) bond motifs is 1. The number of benzene rings is 1. The van der Waals surface area contributed by atoms with Crippen molar-refractivity contribution in [3.8, 4) is 5.75 Å². The van der Waals surface area contributed by atoms with Gasteiger partial charge in [-0.3, -0.25) is 4.89 Å². The highest BCUT2D eigenvalue weighted by Gasteiger charge is 2.23. The molecule has 0 aliphatic carbocycles. The Morgan fingerprint density at radius 3 is 2.78 bits per heavy atom. The van der Waals surface area contributed by atoms with E-state index in [1.54, 1.807) is 17.8 Å². The van der Waals surface area contributed by atoms with Crippen LogP contribution >= 0.6 is 7.82 Å². The molecule has 0 aliphatic rings. The van der Waals surface area contributed by atoms with E-state index in [1.165, 1.54) is 18.5 Å². The fraction of sp³-hybridized carbons (Fsp3) is 0.267. The van der Waals surface area contributed by atoms with Crippen molar-refractivity contribution in [3.63, 3.8) is 0 Å². The van der Waals surface area contributed by atoms with E-state index in [0.29, 0.717) is 17.7 Å². The standard InChI is InChI=1S/C15H17FN5O5P/c1-10(6-21-8-20-13-14(17)18-7-19-15(13)21)24-9-25-27(22,23)26-12-4-2-11(16)3-5-12/h2-5,7-8,10H,6,9H2,1H3,(H,22,23)(H2,17,18,19). The zero-order valence-electron chi connectivity index (χ0n) is 14.2. The van der Waals surface area contributed by atoms with E-state index < -0.39 is 26.5 Å². The molecule has 2 atom stereocenters. The quantitative estimate of drug-likeness (QED) is 0.433. The molecule has 0 spiro atoms. The number of aromatic nitrogens is 4. The van der Waals surface area contributed by atoms with Crippen LogP contribution in [0.25, 0.3) is 11.2 Å². The maximum absolute atomic E-state index is 12.8. The molecule has 0 saturated carbocycles. The molecular weight excluding hydrogens is 380 g/mol. The van der Waals surface area contributed by atoms with Crippen molar-refractivity contribution in [1.29, 1.82) is 0 Å². The highest BCUT2D eigenvalue weighted by Crippen LogP contribution is 2.43. The number of imidazole rings is 1. The Labute approximate surface area is 153 Å². The third kappa shape index (κ3) is 4.98. The van der Waals surface area contributed by atoms with E-state index in [0.717, 1.165) is 12.1 Å². The summed E-state index contributed by atoms with van der Waals surface area (Å²) >= 11 is 0. The van der Waals surface area contributed by atoms with Gasteiger partial charge in [0.25, 0.3) is 0 Å². The van der Waals surface area contributed by atoms with Crippen molar-refractivity contribution in [2.24, 2.45) is 0 Å². The molecule has 2 unspecified atom stereocenters. The first kappa shape index (κ1) is 19.2. The highest BCUT2D eigenvalue weighted by atomic mass is 31.2. The molecule has 27 heavy (non-hydrogen) atoms. The number of phosphoric acid groups is 1. The first-order valence-electron chi connectivity index (χ1n) is 7.79. The molecule has 0 bridgehead atoms. The summed E-state index contributed by atoms with van der Waals surface area (Å²) in [4.78, 5) is 21.8. The number of phosphoric ester groups is 1. The molecule has 3 rings (SSSR count). The zero-order valence-corrected chi connectivity index (χ0v) is 15.1. The average Bonchev–Trinajstić information content (AvgIpc) is 3.01. The van der Waals surface area contributed by atoms with Crippen molar-refractivity contribution >= 4 is 24.8 Å². The Balaban J connectivity index is 1.51. The predicted molar refractivity (Wildman–Crippen MR) is 93.1 cm³/mol. The van der Waals surface area contributed by atoms with Gasteiger partial charge in [0.1, 0.15) is 23.4 Å². The van der Waals surface area contributed by atoms with Crippen LogP contribution in [0.3, 0.4) is 0 Å². The molecule has 3 N–H and O–H groups in total. The van der Waals surface area contributed by atoms with Crippen molar-refractivity contribution in [1.82, 2.24) is 19.5 Å². The van der Waals surface area contributed by atoms with Gasteiger partial charge in [-0.2, -0.15) is 0 Å². The van der Waals surface area contributed by atoms with Crippen LogP contribution in [0.5, 0.6) is 5.75 Å². The normalized spacial score (nSPS) is 14.8. The number of nitrogens with zero attached hydrogens (tertiary/aromatic N) is 4. The van der Waals surface area contributed by atoms with Gasteiger partial charge in [0.05, 0.1) is 19.0 Å². The van der Waals surface area contributed by atoms with Crippen molar-refractivity contribution in [2.75, 3.05) is 12.5 Å². The molecule has 144 valence electrons. The van der Waals surface area contributed by atoms with Crippen molar-refractivity contribution in [3.05, 3.63) is 42.7 Å². The zero-order chi connectivity index (χ0) is 19.4. The summed E-state index contributed by atoms with van der Waals surface area (Å²) in [6, 6.07) is 4.62. The summed E-state index contributed by atoms with van der Waals surface area (Å²) in [5.41, 5.74) is 6.76. The second-order valence-corrected chi connectivity index (χ2v) is 6.94. The molecule has 3 aromatic rings. The van der Waals surface area contributed by atoms with Crippen LogP contribution < -0.4 is 10.3 Å². The Morgan fingerprint density at radius 2 is 2.04 bits per heavy atom. The summed E-state index contributed by atoms with van der Waals surface area (Å²) in [5.74, 6) is -0.223. The minimum absolute atomic E-state index is 0.00237. The lowest BCUT2D eigenvalue weighted by Gasteiger charge is -2.16. The summed E-state index contributed by atoms with van der Waals surface area (Å²) < 4.78 is 41.4. The number of nitrogen functional groups attached to an aromatic ring is 1. The lowest BCUT2D eigenvalue weighted by Crippen LogP contribution is -2.18. The molecule has 0 fully saturated rings. The van der Waals surface area contributed by atoms with Gasteiger partial charge in [-0.15, -0.1) is 0 Å². The fourth-order valence-electron chi connectivity index (χ4n) is 2.23. The minimum atomic E-state index is -4.41. The smallest absolute Gasteiger partial charge is 0.404 e. The number of anilines is 1. The Hall–Kier alpha value is -2.59. The molecule has 2 heterocycles. The second-order valence-electron chi connectivity index (χ2n) is 5.57. The first-order valence-corrected chi connectivity index (χ1v) is 9.29. The monoisotopic (exact) mass is 397 g/mol. The number of ether oxygens (including phenoxy) is 1. The van der Waals surface area contributed by atoms with E-state index in [4.69, 9.17) is 19.5 Å². The molecule has 0 amide bonds. The van der Waals surface area contributed by atoms with Gasteiger partial charge in [-0.05, 0) is 31.2 Å². The maximum atomic E-state index is 12.8. The summed E-state index contributed by atoms with van der Waals surface area (Å²) in [6.45, 7) is 1.60. The predicted octanol–water partition coefficient (Wildman–Crippen LogP) is 2.11. The van der Waals surface area contributed by atoms with E-state index in [2.05, 4.69) is 15.0 Å². The van der Waals surface area contributed by atoms with Crippen LogP contribution in [0, 0.1) is 5.82 Å². The van der Waals surface area contributed by atoms with Gasteiger partial charge in [-0.1, -0.05) is 0 Å². The third-order valence-electron chi connectivity index (χ3n) is 3.49. The van der Waals surface area contributed by atoms with Gasteiger partial charge in [0.2, 0.25) is 0 Å². The summed E-state index contributed by atoms with van der Waals surface area (Å²) in [5, 5.41) is 0. The average molecular weight is 397 g/mol. The van der Waals surface area contributed by atoms with Gasteiger partial charge in [0, 0.05) is 0 Å². The number of nitrogens with two attached hydrogens (primary N) is 1. The summed E-state index contributed by atoms with van der Waals surface area (Å²) in [7, 11) is -4.41. The lowest BCUT2D eigenvalue weighted by atomic mass is 10.3. The Morgan fingerprint density at radius 1 is 1.30 bits per heavy atom. The van der Waals surface area contributed by atoms with Crippen molar-refractivity contribution < 1.29 is 27.6 Å². The number of hydrogen-bond donors (Lipinski definition) is 2. The topological polar surface area (TPSA) is 135 Å². The SMILES string of the molecule is CC(Cn1cnc2c(N)ncnc21)OCOP(=O)(O)Oc1ccc(F)cc1. The van der Waals surface area contributed by atoms with E-state index >= 15 is 0 Å². The van der Waals surface area contributed by atoms with Gasteiger partial charge in [0.15, 0.2) is 18.3 Å². The largest absolute Gasteiger partial charge is 0.529 e. The van der Waals surface area contributed by atoms with E-state index in [9.17, 15) is 13.8 Å². The van der Waals surface area contributed by atoms with E-state index in [-0.39, 0.29) is 11.6 Å². The molecular formula is C15H17FN5O5P. The third-order valence-corrected chi connectivity index (χ3v) is 4.36. The van der Waals surface area contributed by atoms with Crippen LogP contribution in [0.4, 0.5) is 10.2 Å². The van der Waals surface area contributed by atoms with Crippen LogP contribution in [0.15, 0.2) is 36.9 Å². The van der Waals surface area contributed by atoms with Crippen LogP contribution in [-0.2, 0) is 20.4 Å². The molecule has 0 saturated heterocycles. The van der Waals surface area contributed by atoms with Gasteiger partial charge >= 0.3 is 7.82 Å². The fourth-order valence-corrected chi connectivity index (χ4v) is 2.87. The van der Waals surface area contributed by atoms with Crippen molar-refractivity contribution in [2.45, 2.75) is 19.6 Å². The number of halogens is 1. The molecule has 10 nitrogen and oxygen atoms in total. The Bertz CT molecular complexity index is 967. The molecule has 0 aliphatic heterocycles. The van der Waals surface area contributed by atoms with E-state index in [1.807, 2.05) is 0 Å². The molecule has 2 aromatic heterocycles. The first-order chi connectivity index (χ1) is 12.8. The minimum Gasteiger partial charge on any atom is -0.404 e. The highest BCUT2D eigenvalue weighted by molar-refractivity contribution is 7.47. The van der Waals surface area contributed by atoms with Gasteiger partial charge in [-0.25, -0.2) is 28.4 Å². The number of hydrogen-bond acceptors (Lipinski definition) is 8. The lowest BCUT2D eigenvalue weighted by molar-refractivity contribution is -0.0441. The van der Waals surface area contributed by atoms with Gasteiger partial charge < -0.3 is 19.6 Å². The Kier molecular flexibility index (Phi) is 5.66. The maximum Gasteiger partial charge on any atom is 0.529 e. The van der Waals surface area contributed by atoms with Crippen LogP contribution in [0.1, 0.15) is 6.92 Å². The molecule has 1 aromatic carbocycles. The molecule has 12 heteroatoms. The van der Waals surface area contributed by atoms with Crippen LogP contribution in [-0.4, -0.2) is 37.3 Å². The second kappa shape index (κ2) is 7.97. The molecule has 0 radical (unpaired) electrons. The summed E-state index contributed by atoms with van der Waals surface area (Å²) in [6.07, 6.45) is 2.48.